The van der Waals surface area contributed by atoms with Gasteiger partial charge in [-0.25, -0.2) is 0 Å². The maximum Gasteiger partial charge on any atom is 0.231 e. The molecule has 0 aliphatic carbocycles. The summed E-state index contributed by atoms with van der Waals surface area (Å²) in [7, 11) is 0. The highest BCUT2D eigenvalue weighted by atomic mass is 16.1. The van der Waals surface area contributed by atoms with Crippen LogP contribution >= 0.6 is 0 Å². The molecule has 6 nitrogen and oxygen atoms in total. The molecule has 2 N–H and O–H groups in total. The van der Waals surface area contributed by atoms with Crippen molar-refractivity contribution in [1.82, 2.24) is 20.6 Å². The summed E-state index contributed by atoms with van der Waals surface area (Å²) >= 11 is 0. The quantitative estimate of drug-likeness (QED) is 0.749. The minimum atomic E-state index is -0.418. The van der Waals surface area contributed by atoms with Gasteiger partial charge in [0.15, 0.2) is 5.82 Å². The molecule has 128 valence electrons. The number of tetrazole rings is 1. The number of anilines is 1. The molecule has 3 rings (SSSR count). The highest BCUT2D eigenvalue weighted by Gasteiger charge is 2.28. The van der Waals surface area contributed by atoms with E-state index in [0.717, 1.165) is 16.8 Å². The molecule has 1 amide bonds. The molecule has 3 aromatic rings. The fourth-order valence-corrected chi connectivity index (χ4v) is 2.68. The predicted molar refractivity (Wildman–Crippen MR) is 96.2 cm³/mol. The van der Waals surface area contributed by atoms with E-state index in [1.165, 1.54) is 0 Å². The maximum atomic E-state index is 12.6. The SMILES string of the molecule is C[C@H](C(=O)Nc1cccc(C(C)(C)c2nn[nH]n2)c1)c1ccccc1. The number of amides is 1. The number of H-pyrrole nitrogens is 1. The van der Waals surface area contributed by atoms with Gasteiger partial charge in [0.2, 0.25) is 5.91 Å². The molecule has 0 saturated carbocycles. The van der Waals surface area contributed by atoms with Crippen LogP contribution in [0.3, 0.4) is 0 Å². The number of hydrogen-bond donors (Lipinski definition) is 2. The first kappa shape index (κ1) is 16.8. The van der Waals surface area contributed by atoms with Gasteiger partial charge in [-0.2, -0.15) is 5.21 Å². The number of nitrogens with one attached hydrogen (secondary N) is 2. The first-order valence-corrected chi connectivity index (χ1v) is 8.19. The van der Waals surface area contributed by atoms with Crippen molar-refractivity contribution in [3.63, 3.8) is 0 Å². The highest BCUT2D eigenvalue weighted by Crippen LogP contribution is 2.30. The summed E-state index contributed by atoms with van der Waals surface area (Å²) in [6.45, 7) is 5.94. The lowest BCUT2D eigenvalue weighted by molar-refractivity contribution is -0.117. The van der Waals surface area contributed by atoms with Crippen molar-refractivity contribution in [3.8, 4) is 0 Å². The summed E-state index contributed by atoms with van der Waals surface area (Å²) in [6.07, 6.45) is 0. The number of aromatic nitrogens is 4. The molecule has 0 radical (unpaired) electrons. The molecule has 0 fully saturated rings. The maximum absolute atomic E-state index is 12.6. The molecule has 0 bridgehead atoms. The van der Waals surface area contributed by atoms with E-state index in [1.807, 2.05) is 75.4 Å². The molecule has 1 aromatic heterocycles. The van der Waals surface area contributed by atoms with Gasteiger partial charge in [-0.3, -0.25) is 4.79 Å². The Morgan fingerprint density at radius 3 is 2.56 bits per heavy atom. The second-order valence-electron chi connectivity index (χ2n) is 6.56. The van der Waals surface area contributed by atoms with Crippen molar-refractivity contribution in [3.05, 3.63) is 71.5 Å². The minimum absolute atomic E-state index is 0.0410. The van der Waals surface area contributed by atoms with Gasteiger partial charge in [0.1, 0.15) is 0 Å². The molecule has 0 saturated heterocycles. The van der Waals surface area contributed by atoms with Gasteiger partial charge in [-0.15, -0.1) is 10.2 Å². The second kappa shape index (κ2) is 6.84. The van der Waals surface area contributed by atoms with E-state index in [2.05, 4.69) is 25.9 Å². The molecular formula is C19H21N5O. The number of carbonyl (C=O) groups excluding carboxylic acids is 1. The van der Waals surface area contributed by atoms with Crippen LogP contribution in [0.1, 0.15) is 43.6 Å². The van der Waals surface area contributed by atoms with Crippen LogP contribution in [0.25, 0.3) is 0 Å². The Hall–Kier alpha value is -3.02. The number of rotatable bonds is 5. The number of nitrogens with zero attached hydrogens (tertiary/aromatic N) is 3. The first-order chi connectivity index (χ1) is 12.0. The van der Waals surface area contributed by atoms with Gasteiger partial charge in [0.25, 0.3) is 0 Å². The Balaban J connectivity index is 1.79. The lowest BCUT2D eigenvalue weighted by atomic mass is 9.83. The van der Waals surface area contributed by atoms with Gasteiger partial charge in [-0.1, -0.05) is 47.7 Å². The van der Waals surface area contributed by atoms with E-state index in [4.69, 9.17) is 0 Å². The summed E-state index contributed by atoms with van der Waals surface area (Å²) < 4.78 is 0. The fraction of sp³-hybridized carbons (Fsp3) is 0.263. The van der Waals surface area contributed by atoms with Crippen molar-refractivity contribution < 1.29 is 4.79 Å². The number of benzene rings is 2. The standard InChI is InChI=1S/C19H21N5O/c1-13(14-8-5-4-6-9-14)17(25)20-16-11-7-10-15(12-16)19(2,3)18-21-23-24-22-18/h4-13H,1-3H3,(H,20,25)(H,21,22,23,24)/t13-/m0/s1. The topological polar surface area (TPSA) is 83.6 Å². The lowest BCUT2D eigenvalue weighted by Crippen LogP contribution is -2.22. The average Bonchev–Trinajstić information content (AvgIpc) is 3.17. The number of aromatic amines is 1. The van der Waals surface area contributed by atoms with Gasteiger partial charge in [-0.05, 0) is 44.0 Å². The molecule has 0 aliphatic heterocycles. The van der Waals surface area contributed by atoms with E-state index in [0.29, 0.717) is 5.82 Å². The van der Waals surface area contributed by atoms with Crippen molar-refractivity contribution in [2.24, 2.45) is 0 Å². The van der Waals surface area contributed by atoms with Crippen LogP contribution in [-0.2, 0) is 10.2 Å². The van der Waals surface area contributed by atoms with Gasteiger partial charge in [0, 0.05) is 5.69 Å². The summed E-state index contributed by atoms with van der Waals surface area (Å²) in [5.74, 6) is 0.337. The molecule has 6 heteroatoms. The Labute approximate surface area is 146 Å². The molecule has 0 unspecified atom stereocenters. The van der Waals surface area contributed by atoms with E-state index in [1.54, 1.807) is 0 Å². The zero-order valence-electron chi connectivity index (χ0n) is 14.5. The van der Waals surface area contributed by atoms with Crippen LogP contribution in [-0.4, -0.2) is 26.5 Å². The Kier molecular flexibility index (Phi) is 4.61. The lowest BCUT2D eigenvalue weighted by Gasteiger charge is -2.22. The molecular weight excluding hydrogens is 314 g/mol. The van der Waals surface area contributed by atoms with Gasteiger partial charge in [0.05, 0.1) is 11.3 Å². The molecule has 25 heavy (non-hydrogen) atoms. The third-order valence-corrected chi connectivity index (χ3v) is 4.45. The molecule has 1 heterocycles. The van der Waals surface area contributed by atoms with E-state index < -0.39 is 5.41 Å². The normalized spacial score (nSPS) is 12.6. The van der Waals surface area contributed by atoms with Crippen LogP contribution in [0.2, 0.25) is 0 Å². The molecule has 2 aromatic carbocycles. The predicted octanol–water partition coefficient (Wildman–Crippen LogP) is 3.27. The second-order valence-corrected chi connectivity index (χ2v) is 6.56. The van der Waals surface area contributed by atoms with Crippen molar-refractivity contribution in [2.75, 3.05) is 5.32 Å². The van der Waals surface area contributed by atoms with Crippen LogP contribution in [0.15, 0.2) is 54.6 Å². The summed E-state index contributed by atoms with van der Waals surface area (Å²) in [5, 5.41) is 17.3. The third-order valence-electron chi connectivity index (χ3n) is 4.45. The summed E-state index contributed by atoms with van der Waals surface area (Å²) in [6, 6.07) is 17.5. The summed E-state index contributed by atoms with van der Waals surface area (Å²) in [5.41, 5.74) is 2.32. The number of carbonyl (C=O) groups is 1. The van der Waals surface area contributed by atoms with Crippen LogP contribution in [0.5, 0.6) is 0 Å². The van der Waals surface area contributed by atoms with Crippen LogP contribution < -0.4 is 5.32 Å². The van der Waals surface area contributed by atoms with Crippen LogP contribution in [0.4, 0.5) is 5.69 Å². The van der Waals surface area contributed by atoms with Crippen LogP contribution in [0, 0.1) is 0 Å². The van der Waals surface area contributed by atoms with Crippen molar-refractivity contribution >= 4 is 11.6 Å². The monoisotopic (exact) mass is 335 g/mol. The third kappa shape index (κ3) is 3.57. The molecule has 0 aliphatic rings. The molecule has 0 spiro atoms. The molecule has 1 atom stereocenters. The first-order valence-electron chi connectivity index (χ1n) is 8.19. The van der Waals surface area contributed by atoms with Crippen molar-refractivity contribution in [1.29, 1.82) is 0 Å². The highest BCUT2D eigenvalue weighted by molar-refractivity contribution is 5.95. The Morgan fingerprint density at radius 1 is 1.12 bits per heavy atom. The minimum Gasteiger partial charge on any atom is -0.326 e. The smallest absolute Gasteiger partial charge is 0.231 e. The van der Waals surface area contributed by atoms with Gasteiger partial charge >= 0.3 is 0 Å². The fourth-order valence-electron chi connectivity index (χ4n) is 2.68. The van der Waals surface area contributed by atoms with Crippen molar-refractivity contribution in [2.45, 2.75) is 32.1 Å². The Morgan fingerprint density at radius 2 is 1.88 bits per heavy atom. The zero-order chi connectivity index (χ0) is 17.9. The largest absolute Gasteiger partial charge is 0.326 e. The zero-order valence-corrected chi connectivity index (χ0v) is 14.5. The van der Waals surface area contributed by atoms with E-state index in [-0.39, 0.29) is 11.8 Å². The number of hydrogen-bond acceptors (Lipinski definition) is 4. The Bertz CT molecular complexity index is 843. The summed E-state index contributed by atoms with van der Waals surface area (Å²) in [4.78, 5) is 12.6. The average molecular weight is 335 g/mol. The van der Waals surface area contributed by atoms with Gasteiger partial charge < -0.3 is 5.32 Å². The van der Waals surface area contributed by atoms with E-state index in [9.17, 15) is 4.79 Å². The van der Waals surface area contributed by atoms with E-state index >= 15 is 0 Å².